The van der Waals surface area contributed by atoms with E-state index >= 15 is 0 Å². The topological polar surface area (TPSA) is 51.3 Å². The number of aromatic nitrogens is 1. The summed E-state index contributed by atoms with van der Waals surface area (Å²) in [5.41, 5.74) is 2.10. The van der Waals surface area contributed by atoms with Crippen molar-refractivity contribution in [2.45, 2.75) is 0 Å². The molecule has 0 bridgehead atoms. The maximum atomic E-state index is 12.4. The Hall–Kier alpha value is -2.75. The van der Waals surface area contributed by atoms with Crippen LogP contribution in [0.2, 0.25) is 0 Å². The number of hydrogen-bond donors (Lipinski definition) is 1. The smallest absolute Gasteiger partial charge is 0.231 e. The SMILES string of the molecule is O=C(c1ccccc1)c1cc2cc3c(cc2[nH]1)OCO3. The highest BCUT2D eigenvalue weighted by Crippen LogP contribution is 2.36. The number of H-pyrrole nitrogens is 1. The first kappa shape index (κ1) is 11.1. The summed E-state index contributed by atoms with van der Waals surface area (Å²) in [5.74, 6) is 1.40. The summed E-state index contributed by atoms with van der Waals surface area (Å²) in [6.45, 7) is 0.248. The Bertz CT molecular complexity index is 764. The fraction of sp³-hybridized carbons (Fsp3) is 0.0625. The number of carbonyl (C=O) groups is 1. The van der Waals surface area contributed by atoms with Gasteiger partial charge in [0.1, 0.15) is 0 Å². The highest BCUT2D eigenvalue weighted by atomic mass is 16.7. The standard InChI is InChI=1S/C16H11NO3/c18-16(10-4-2-1-3-5-10)13-6-11-7-14-15(20-9-19-14)8-12(11)17-13/h1-8,17H,9H2. The first-order valence-electron chi connectivity index (χ1n) is 6.33. The second-order valence-electron chi connectivity index (χ2n) is 4.67. The quantitative estimate of drug-likeness (QED) is 0.724. The highest BCUT2D eigenvalue weighted by molar-refractivity contribution is 6.10. The van der Waals surface area contributed by atoms with Crippen LogP contribution < -0.4 is 9.47 Å². The highest BCUT2D eigenvalue weighted by Gasteiger charge is 2.17. The van der Waals surface area contributed by atoms with Gasteiger partial charge in [-0.25, -0.2) is 0 Å². The summed E-state index contributed by atoms with van der Waals surface area (Å²) >= 11 is 0. The van der Waals surface area contributed by atoms with E-state index in [0.29, 0.717) is 17.0 Å². The fourth-order valence-electron chi connectivity index (χ4n) is 2.39. The molecule has 1 aliphatic rings. The molecule has 4 heteroatoms. The summed E-state index contributed by atoms with van der Waals surface area (Å²) in [7, 11) is 0. The van der Waals surface area contributed by atoms with Crippen LogP contribution in [0.15, 0.2) is 48.5 Å². The Morgan fingerprint density at radius 2 is 1.75 bits per heavy atom. The number of rotatable bonds is 2. The van der Waals surface area contributed by atoms with Crippen molar-refractivity contribution in [3.05, 3.63) is 59.8 Å². The lowest BCUT2D eigenvalue weighted by Gasteiger charge is -1.97. The molecule has 2 heterocycles. The van der Waals surface area contributed by atoms with E-state index in [4.69, 9.17) is 9.47 Å². The molecular weight excluding hydrogens is 254 g/mol. The van der Waals surface area contributed by atoms with Gasteiger partial charge < -0.3 is 14.5 Å². The monoisotopic (exact) mass is 265 g/mol. The molecule has 4 rings (SSSR count). The number of benzene rings is 2. The van der Waals surface area contributed by atoms with Crippen LogP contribution in [-0.2, 0) is 0 Å². The lowest BCUT2D eigenvalue weighted by atomic mass is 10.1. The van der Waals surface area contributed by atoms with E-state index in [2.05, 4.69) is 4.98 Å². The van der Waals surface area contributed by atoms with Gasteiger partial charge in [-0.15, -0.1) is 0 Å². The van der Waals surface area contributed by atoms with Crippen LogP contribution in [0.5, 0.6) is 11.5 Å². The van der Waals surface area contributed by atoms with Crippen LogP contribution in [0, 0.1) is 0 Å². The molecule has 20 heavy (non-hydrogen) atoms. The average molecular weight is 265 g/mol. The first-order chi connectivity index (χ1) is 9.81. The Kier molecular flexibility index (Phi) is 2.29. The minimum Gasteiger partial charge on any atom is -0.454 e. The fourth-order valence-corrected chi connectivity index (χ4v) is 2.39. The molecule has 0 radical (unpaired) electrons. The molecule has 0 unspecified atom stereocenters. The second kappa shape index (κ2) is 4.13. The van der Waals surface area contributed by atoms with Gasteiger partial charge in [0.2, 0.25) is 12.6 Å². The lowest BCUT2D eigenvalue weighted by molar-refractivity contribution is 0.103. The van der Waals surface area contributed by atoms with Gasteiger partial charge in [0.15, 0.2) is 11.5 Å². The molecule has 1 aromatic heterocycles. The normalized spacial score (nSPS) is 12.8. The molecule has 0 fully saturated rings. The van der Waals surface area contributed by atoms with Crippen molar-refractivity contribution in [2.75, 3.05) is 6.79 Å². The molecule has 3 aromatic rings. The van der Waals surface area contributed by atoms with Crippen LogP contribution in [-0.4, -0.2) is 17.6 Å². The molecule has 0 saturated carbocycles. The van der Waals surface area contributed by atoms with Crippen molar-refractivity contribution in [2.24, 2.45) is 0 Å². The summed E-state index contributed by atoms with van der Waals surface area (Å²) in [5, 5.41) is 0.938. The second-order valence-corrected chi connectivity index (χ2v) is 4.67. The number of nitrogens with one attached hydrogen (secondary N) is 1. The molecule has 0 aliphatic carbocycles. The van der Waals surface area contributed by atoms with Crippen LogP contribution in [0.4, 0.5) is 0 Å². The lowest BCUT2D eigenvalue weighted by Crippen LogP contribution is -2.00. The van der Waals surface area contributed by atoms with E-state index in [1.54, 1.807) is 12.1 Å². The molecule has 98 valence electrons. The summed E-state index contributed by atoms with van der Waals surface area (Å²) in [6.07, 6.45) is 0. The van der Waals surface area contributed by atoms with Gasteiger partial charge >= 0.3 is 0 Å². The van der Waals surface area contributed by atoms with E-state index in [1.165, 1.54) is 0 Å². The van der Waals surface area contributed by atoms with Gasteiger partial charge in [-0.3, -0.25) is 4.79 Å². The van der Waals surface area contributed by atoms with Gasteiger partial charge in [0, 0.05) is 22.5 Å². The van der Waals surface area contributed by atoms with E-state index in [0.717, 1.165) is 16.7 Å². The van der Waals surface area contributed by atoms with Gasteiger partial charge in [0.05, 0.1) is 5.69 Å². The van der Waals surface area contributed by atoms with E-state index in [1.807, 2.05) is 36.4 Å². The van der Waals surface area contributed by atoms with Crippen LogP contribution >= 0.6 is 0 Å². The zero-order valence-corrected chi connectivity index (χ0v) is 10.6. The van der Waals surface area contributed by atoms with E-state index < -0.39 is 0 Å². The van der Waals surface area contributed by atoms with Crippen molar-refractivity contribution in [3.63, 3.8) is 0 Å². The van der Waals surface area contributed by atoms with Crippen molar-refractivity contribution in [1.82, 2.24) is 4.98 Å². The number of ether oxygens (including phenoxy) is 2. The summed E-state index contributed by atoms with van der Waals surface area (Å²) < 4.78 is 10.7. The van der Waals surface area contributed by atoms with Crippen LogP contribution in [0.1, 0.15) is 16.1 Å². The van der Waals surface area contributed by atoms with Crippen molar-refractivity contribution in [3.8, 4) is 11.5 Å². The van der Waals surface area contributed by atoms with Gasteiger partial charge in [-0.05, 0) is 12.1 Å². The molecule has 0 saturated heterocycles. The number of fused-ring (bicyclic) bond motifs is 2. The zero-order valence-electron chi connectivity index (χ0n) is 10.6. The predicted octanol–water partition coefficient (Wildman–Crippen LogP) is 3.13. The number of carbonyl (C=O) groups excluding carboxylic acids is 1. The molecule has 0 spiro atoms. The van der Waals surface area contributed by atoms with Crippen LogP contribution in [0.25, 0.3) is 10.9 Å². The molecule has 2 aromatic carbocycles. The molecule has 1 N–H and O–H groups in total. The third-order valence-corrected chi connectivity index (χ3v) is 3.39. The molecule has 1 aliphatic heterocycles. The Morgan fingerprint density at radius 3 is 2.55 bits per heavy atom. The zero-order chi connectivity index (χ0) is 13.5. The maximum absolute atomic E-state index is 12.4. The average Bonchev–Trinajstić information content (AvgIpc) is 3.10. The van der Waals surface area contributed by atoms with Gasteiger partial charge in [0.25, 0.3) is 0 Å². The van der Waals surface area contributed by atoms with Crippen molar-refractivity contribution < 1.29 is 14.3 Å². The van der Waals surface area contributed by atoms with Crippen LogP contribution in [0.3, 0.4) is 0 Å². The largest absolute Gasteiger partial charge is 0.454 e. The minimum absolute atomic E-state index is 0.0243. The Balaban J connectivity index is 1.80. The number of hydrogen-bond acceptors (Lipinski definition) is 3. The van der Waals surface area contributed by atoms with E-state index in [9.17, 15) is 4.79 Å². The molecule has 0 atom stereocenters. The van der Waals surface area contributed by atoms with E-state index in [-0.39, 0.29) is 12.6 Å². The maximum Gasteiger partial charge on any atom is 0.231 e. The molecule has 4 nitrogen and oxygen atoms in total. The van der Waals surface area contributed by atoms with Gasteiger partial charge in [-0.2, -0.15) is 0 Å². The Labute approximate surface area is 114 Å². The van der Waals surface area contributed by atoms with Gasteiger partial charge in [-0.1, -0.05) is 30.3 Å². The first-order valence-corrected chi connectivity index (χ1v) is 6.33. The summed E-state index contributed by atoms with van der Waals surface area (Å²) in [4.78, 5) is 15.5. The minimum atomic E-state index is -0.0243. The third-order valence-electron chi connectivity index (χ3n) is 3.39. The molecular formula is C16H11NO3. The number of ketones is 1. The van der Waals surface area contributed by atoms with Crippen molar-refractivity contribution in [1.29, 1.82) is 0 Å². The third kappa shape index (κ3) is 1.66. The number of aromatic amines is 1. The molecule has 0 amide bonds. The van der Waals surface area contributed by atoms with Crippen molar-refractivity contribution >= 4 is 16.7 Å². The Morgan fingerprint density at radius 1 is 1.00 bits per heavy atom. The summed E-state index contributed by atoms with van der Waals surface area (Å²) in [6, 6.07) is 14.8. The predicted molar refractivity (Wildman–Crippen MR) is 74.3 cm³/mol.